The molecule has 3 aromatic rings. The number of rotatable bonds is 2. The summed E-state index contributed by atoms with van der Waals surface area (Å²) in [4.78, 5) is 7.98. The van der Waals surface area contributed by atoms with Gasteiger partial charge in [-0.15, -0.1) is 0 Å². The van der Waals surface area contributed by atoms with Gasteiger partial charge in [0.15, 0.2) is 0 Å². The monoisotopic (exact) mass is 250 g/mol. The van der Waals surface area contributed by atoms with Crippen LogP contribution in [0, 0.1) is 6.92 Å². The van der Waals surface area contributed by atoms with E-state index in [0.29, 0.717) is 5.92 Å². The van der Waals surface area contributed by atoms with Gasteiger partial charge in [-0.1, -0.05) is 50.2 Å². The molecule has 1 heterocycles. The number of nitrogens with one attached hydrogen (secondary N) is 1. The van der Waals surface area contributed by atoms with Crippen molar-refractivity contribution in [2.45, 2.75) is 26.7 Å². The van der Waals surface area contributed by atoms with Crippen LogP contribution in [0.5, 0.6) is 0 Å². The highest BCUT2D eigenvalue weighted by Crippen LogP contribution is 2.30. The molecule has 0 unspecified atom stereocenters. The highest BCUT2D eigenvalue weighted by molar-refractivity contribution is 5.97. The summed E-state index contributed by atoms with van der Waals surface area (Å²) in [6.45, 7) is 6.45. The van der Waals surface area contributed by atoms with Gasteiger partial charge in [-0.3, -0.25) is 0 Å². The Bertz CT molecular complexity index is 723. The van der Waals surface area contributed by atoms with Gasteiger partial charge in [0.1, 0.15) is 5.82 Å². The summed E-state index contributed by atoms with van der Waals surface area (Å²) < 4.78 is 0. The zero-order valence-corrected chi connectivity index (χ0v) is 11.6. The predicted molar refractivity (Wildman–Crippen MR) is 80.4 cm³/mol. The Balaban J connectivity index is 2.22. The van der Waals surface area contributed by atoms with E-state index in [-0.39, 0.29) is 0 Å². The van der Waals surface area contributed by atoms with Gasteiger partial charge in [-0.05, 0) is 23.3 Å². The van der Waals surface area contributed by atoms with Crippen LogP contribution in [0.25, 0.3) is 22.0 Å². The molecule has 0 amide bonds. The minimum absolute atomic E-state index is 0.422. The Morgan fingerprint density at radius 3 is 2.42 bits per heavy atom. The lowest BCUT2D eigenvalue weighted by Gasteiger charge is -2.06. The van der Waals surface area contributed by atoms with Crippen molar-refractivity contribution < 1.29 is 0 Å². The highest BCUT2D eigenvalue weighted by atomic mass is 14.9. The smallest absolute Gasteiger partial charge is 0.109 e. The fourth-order valence-electron chi connectivity index (χ4n) is 2.44. The molecule has 2 nitrogen and oxygen atoms in total. The standard InChI is InChI=1S/C17H18N2/c1-11(2)17-18-10-16(19-17)15-9-8-12(3)13-6-4-5-7-14(13)15/h4-11H,1-3H3,(H,18,19). The molecular weight excluding hydrogens is 232 g/mol. The largest absolute Gasteiger partial charge is 0.348 e. The topological polar surface area (TPSA) is 28.7 Å². The first-order chi connectivity index (χ1) is 9.16. The van der Waals surface area contributed by atoms with E-state index in [1.807, 2.05) is 6.20 Å². The number of hydrogen-bond acceptors (Lipinski definition) is 1. The third kappa shape index (κ3) is 2.03. The van der Waals surface area contributed by atoms with Gasteiger partial charge < -0.3 is 4.98 Å². The zero-order valence-electron chi connectivity index (χ0n) is 11.6. The fourth-order valence-corrected chi connectivity index (χ4v) is 2.44. The van der Waals surface area contributed by atoms with Crippen LogP contribution in [-0.4, -0.2) is 9.97 Å². The summed E-state index contributed by atoms with van der Waals surface area (Å²) in [5.41, 5.74) is 3.53. The van der Waals surface area contributed by atoms with Gasteiger partial charge in [-0.25, -0.2) is 4.98 Å². The van der Waals surface area contributed by atoms with Gasteiger partial charge in [0.05, 0.1) is 5.69 Å². The molecule has 0 spiro atoms. The van der Waals surface area contributed by atoms with Crippen molar-refractivity contribution in [1.82, 2.24) is 9.97 Å². The first kappa shape index (κ1) is 12.0. The molecule has 0 aliphatic carbocycles. The zero-order chi connectivity index (χ0) is 13.4. The summed E-state index contributed by atoms with van der Waals surface area (Å²) in [5.74, 6) is 1.46. The van der Waals surface area contributed by atoms with Crippen molar-refractivity contribution in [2.75, 3.05) is 0 Å². The Morgan fingerprint density at radius 2 is 1.74 bits per heavy atom. The number of H-pyrrole nitrogens is 1. The van der Waals surface area contributed by atoms with Crippen molar-refractivity contribution in [3.8, 4) is 11.3 Å². The summed E-state index contributed by atoms with van der Waals surface area (Å²) in [6, 6.07) is 12.8. The van der Waals surface area contributed by atoms with Crippen LogP contribution in [0.3, 0.4) is 0 Å². The molecule has 0 fully saturated rings. The number of aromatic amines is 1. The van der Waals surface area contributed by atoms with E-state index in [4.69, 9.17) is 4.98 Å². The lowest BCUT2D eigenvalue weighted by atomic mass is 9.99. The molecule has 0 radical (unpaired) electrons. The Labute approximate surface area is 113 Å². The highest BCUT2D eigenvalue weighted by Gasteiger charge is 2.10. The number of imidazole rings is 1. The minimum atomic E-state index is 0.422. The van der Waals surface area contributed by atoms with Crippen LogP contribution in [0.1, 0.15) is 31.2 Å². The van der Waals surface area contributed by atoms with Crippen LogP contribution in [0.4, 0.5) is 0 Å². The van der Waals surface area contributed by atoms with E-state index >= 15 is 0 Å². The van der Waals surface area contributed by atoms with Crippen molar-refractivity contribution in [3.05, 3.63) is 54.0 Å². The number of aryl methyl sites for hydroxylation is 1. The first-order valence-corrected chi connectivity index (χ1v) is 6.71. The van der Waals surface area contributed by atoms with E-state index in [9.17, 15) is 0 Å². The average Bonchev–Trinajstić information content (AvgIpc) is 2.89. The third-order valence-corrected chi connectivity index (χ3v) is 3.56. The average molecular weight is 250 g/mol. The van der Waals surface area contributed by atoms with E-state index < -0.39 is 0 Å². The van der Waals surface area contributed by atoms with Crippen LogP contribution in [-0.2, 0) is 0 Å². The molecule has 0 bridgehead atoms. The maximum atomic E-state index is 4.70. The van der Waals surface area contributed by atoms with Crippen LogP contribution < -0.4 is 0 Å². The molecule has 0 aliphatic heterocycles. The van der Waals surface area contributed by atoms with E-state index in [0.717, 1.165) is 11.5 Å². The Morgan fingerprint density at radius 1 is 1.00 bits per heavy atom. The molecule has 1 N–H and O–H groups in total. The van der Waals surface area contributed by atoms with E-state index in [1.54, 1.807) is 0 Å². The SMILES string of the molecule is Cc1ccc(-c2c[nH]c(C(C)C)n2)c2ccccc12. The van der Waals surface area contributed by atoms with Crippen LogP contribution in [0.2, 0.25) is 0 Å². The summed E-state index contributed by atoms with van der Waals surface area (Å²) in [6.07, 6.45) is 2.01. The lowest BCUT2D eigenvalue weighted by Crippen LogP contribution is -1.90. The summed E-state index contributed by atoms with van der Waals surface area (Å²) in [7, 11) is 0. The van der Waals surface area contributed by atoms with E-state index in [2.05, 4.69) is 62.2 Å². The molecule has 0 saturated carbocycles. The van der Waals surface area contributed by atoms with Gasteiger partial charge >= 0.3 is 0 Å². The quantitative estimate of drug-likeness (QED) is 0.704. The number of fused-ring (bicyclic) bond motifs is 1. The maximum absolute atomic E-state index is 4.70. The van der Waals surface area contributed by atoms with Gasteiger partial charge in [0.2, 0.25) is 0 Å². The Kier molecular flexibility index (Phi) is 2.86. The fraction of sp³-hybridized carbons (Fsp3) is 0.235. The minimum Gasteiger partial charge on any atom is -0.348 e. The second-order valence-electron chi connectivity index (χ2n) is 5.30. The predicted octanol–water partition coefficient (Wildman–Crippen LogP) is 4.66. The normalized spacial score (nSPS) is 11.4. The lowest BCUT2D eigenvalue weighted by molar-refractivity contribution is 0.795. The molecule has 0 atom stereocenters. The molecule has 0 aliphatic rings. The van der Waals surface area contributed by atoms with Crippen molar-refractivity contribution in [1.29, 1.82) is 0 Å². The van der Waals surface area contributed by atoms with Gasteiger partial charge in [0.25, 0.3) is 0 Å². The third-order valence-electron chi connectivity index (χ3n) is 3.56. The summed E-state index contributed by atoms with van der Waals surface area (Å²) >= 11 is 0. The molecule has 19 heavy (non-hydrogen) atoms. The van der Waals surface area contributed by atoms with Crippen molar-refractivity contribution >= 4 is 10.8 Å². The van der Waals surface area contributed by atoms with E-state index in [1.165, 1.54) is 21.9 Å². The van der Waals surface area contributed by atoms with Crippen LogP contribution in [0.15, 0.2) is 42.6 Å². The van der Waals surface area contributed by atoms with Crippen LogP contribution >= 0.6 is 0 Å². The first-order valence-electron chi connectivity index (χ1n) is 6.71. The number of hydrogen-bond donors (Lipinski definition) is 1. The molecule has 2 heteroatoms. The number of benzene rings is 2. The second kappa shape index (κ2) is 4.54. The number of aromatic nitrogens is 2. The molecule has 1 aromatic heterocycles. The molecule has 2 aromatic carbocycles. The molecule has 96 valence electrons. The van der Waals surface area contributed by atoms with Gasteiger partial charge in [0, 0.05) is 17.7 Å². The maximum Gasteiger partial charge on any atom is 0.109 e. The van der Waals surface area contributed by atoms with Crippen molar-refractivity contribution in [2.24, 2.45) is 0 Å². The second-order valence-corrected chi connectivity index (χ2v) is 5.30. The number of nitrogens with zero attached hydrogens (tertiary/aromatic N) is 1. The molecule has 0 saturated heterocycles. The molecule has 3 rings (SSSR count). The van der Waals surface area contributed by atoms with Gasteiger partial charge in [-0.2, -0.15) is 0 Å². The van der Waals surface area contributed by atoms with Crippen molar-refractivity contribution in [3.63, 3.8) is 0 Å². The Hall–Kier alpha value is -2.09. The molecular formula is C17H18N2. The summed E-state index contributed by atoms with van der Waals surface area (Å²) in [5, 5.41) is 2.57.